The minimum atomic E-state index is -0.879. The fraction of sp³-hybridized carbons (Fsp3) is 0.400. The van der Waals surface area contributed by atoms with E-state index in [1.165, 1.54) is 4.90 Å². The number of aromatic nitrogens is 1. The van der Waals surface area contributed by atoms with Gasteiger partial charge < -0.3 is 15.3 Å². The quantitative estimate of drug-likeness (QED) is 0.889. The van der Waals surface area contributed by atoms with Gasteiger partial charge in [0.15, 0.2) is 0 Å². The Kier molecular flexibility index (Phi) is 3.86. The third-order valence-electron chi connectivity index (χ3n) is 3.83. The zero-order chi connectivity index (χ0) is 15.7. The van der Waals surface area contributed by atoms with Gasteiger partial charge in [0.05, 0.1) is 10.3 Å². The number of likely N-dealkylation sites (tertiary alicyclic amines) is 1. The number of carbonyl (C=O) groups is 1. The minimum Gasteiger partial charge on any atom is -0.465 e. The van der Waals surface area contributed by atoms with Crippen molar-refractivity contribution in [3.05, 3.63) is 22.7 Å². The Bertz CT molecular complexity index is 765. The van der Waals surface area contributed by atoms with Crippen molar-refractivity contribution in [3.63, 3.8) is 0 Å². The van der Waals surface area contributed by atoms with Crippen LogP contribution in [0.5, 0.6) is 0 Å². The minimum absolute atomic E-state index is 0.0497. The maximum absolute atomic E-state index is 11.1. The van der Waals surface area contributed by atoms with Gasteiger partial charge in [-0.2, -0.15) is 5.26 Å². The van der Waals surface area contributed by atoms with Gasteiger partial charge >= 0.3 is 6.09 Å². The molecule has 114 valence electrons. The van der Waals surface area contributed by atoms with Crippen LogP contribution in [-0.2, 0) is 0 Å². The number of hydrogen-bond acceptors (Lipinski definition) is 5. The Hall–Kier alpha value is -2.33. The average molecular weight is 316 g/mol. The van der Waals surface area contributed by atoms with Crippen LogP contribution in [-0.4, -0.2) is 40.2 Å². The van der Waals surface area contributed by atoms with Gasteiger partial charge in [0.1, 0.15) is 11.9 Å². The van der Waals surface area contributed by atoms with Crippen LogP contribution in [0.2, 0.25) is 0 Å². The van der Waals surface area contributed by atoms with E-state index in [4.69, 9.17) is 5.11 Å². The molecular weight excluding hydrogens is 300 g/mol. The largest absolute Gasteiger partial charge is 0.465 e. The first-order valence-electron chi connectivity index (χ1n) is 7.12. The van der Waals surface area contributed by atoms with Crippen molar-refractivity contribution in [2.45, 2.75) is 25.8 Å². The van der Waals surface area contributed by atoms with Gasteiger partial charge in [-0.15, -0.1) is 11.3 Å². The van der Waals surface area contributed by atoms with Crippen molar-refractivity contribution < 1.29 is 9.90 Å². The molecule has 3 heterocycles. The Labute approximate surface area is 132 Å². The summed E-state index contributed by atoms with van der Waals surface area (Å²) >= 11 is 1.58. The second kappa shape index (κ2) is 5.81. The Morgan fingerprint density at radius 1 is 1.64 bits per heavy atom. The molecule has 2 aromatic rings. The summed E-state index contributed by atoms with van der Waals surface area (Å²) in [5.74, 6) is 0.732. The first-order valence-corrected chi connectivity index (χ1v) is 7.94. The van der Waals surface area contributed by atoms with E-state index >= 15 is 0 Å². The number of thiophene rings is 1. The summed E-state index contributed by atoms with van der Waals surface area (Å²) in [5, 5.41) is 22.6. The van der Waals surface area contributed by atoms with Crippen LogP contribution in [0.4, 0.5) is 10.6 Å². The highest BCUT2D eigenvalue weighted by molar-refractivity contribution is 7.19. The van der Waals surface area contributed by atoms with Gasteiger partial charge in [0.25, 0.3) is 0 Å². The van der Waals surface area contributed by atoms with E-state index in [0.717, 1.165) is 33.6 Å². The molecule has 0 bridgehead atoms. The molecule has 2 aromatic heterocycles. The zero-order valence-corrected chi connectivity index (χ0v) is 13.0. The van der Waals surface area contributed by atoms with Crippen LogP contribution in [0, 0.1) is 18.3 Å². The van der Waals surface area contributed by atoms with Crippen molar-refractivity contribution >= 4 is 33.3 Å². The fourth-order valence-electron chi connectivity index (χ4n) is 2.80. The lowest BCUT2D eigenvalue weighted by Crippen LogP contribution is -2.44. The Balaban J connectivity index is 1.88. The van der Waals surface area contributed by atoms with E-state index in [0.29, 0.717) is 18.7 Å². The number of nitriles is 1. The molecule has 1 saturated heterocycles. The first-order chi connectivity index (χ1) is 10.6. The smallest absolute Gasteiger partial charge is 0.407 e. The molecule has 1 amide bonds. The molecule has 1 aliphatic rings. The third kappa shape index (κ3) is 2.70. The van der Waals surface area contributed by atoms with Gasteiger partial charge in [-0.1, -0.05) is 0 Å². The highest BCUT2D eigenvalue weighted by Crippen LogP contribution is 2.32. The van der Waals surface area contributed by atoms with Crippen molar-refractivity contribution in [1.29, 1.82) is 5.26 Å². The Morgan fingerprint density at radius 3 is 3.18 bits per heavy atom. The number of amides is 1. The molecule has 0 saturated carbocycles. The molecule has 1 fully saturated rings. The van der Waals surface area contributed by atoms with Crippen LogP contribution < -0.4 is 5.32 Å². The lowest BCUT2D eigenvalue weighted by Gasteiger charge is -2.31. The van der Waals surface area contributed by atoms with Gasteiger partial charge in [-0.05, 0) is 25.8 Å². The number of anilines is 1. The number of pyridine rings is 1. The van der Waals surface area contributed by atoms with Crippen LogP contribution in [0.1, 0.15) is 23.3 Å². The lowest BCUT2D eigenvalue weighted by molar-refractivity contribution is 0.133. The summed E-state index contributed by atoms with van der Waals surface area (Å²) in [6.45, 7) is 3.05. The van der Waals surface area contributed by atoms with Crippen LogP contribution in [0.25, 0.3) is 10.1 Å². The van der Waals surface area contributed by atoms with Crippen molar-refractivity contribution in [1.82, 2.24) is 9.88 Å². The Morgan fingerprint density at radius 2 is 2.45 bits per heavy atom. The second-order valence-corrected chi connectivity index (χ2v) is 6.70. The number of aryl methyl sites for hydroxylation is 1. The van der Waals surface area contributed by atoms with E-state index in [-0.39, 0.29) is 6.04 Å². The van der Waals surface area contributed by atoms with Crippen molar-refractivity contribution in [3.8, 4) is 6.07 Å². The van der Waals surface area contributed by atoms with Crippen molar-refractivity contribution in [2.75, 3.05) is 18.4 Å². The SMILES string of the molecule is Cc1cc2c(N[C@H]3CCCN(C(=O)O)C3)ncc(C#N)c2s1. The van der Waals surface area contributed by atoms with E-state index in [9.17, 15) is 10.1 Å². The summed E-state index contributed by atoms with van der Waals surface area (Å²) in [6.07, 6.45) is 2.45. The number of fused-ring (bicyclic) bond motifs is 1. The fourth-order valence-corrected chi connectivity index (χ4v) is 3.78. The normalized spacial score (nSPS) is 18.2. The molecule has 22 heavy (non-hydrogen) atoms. The summed E-state index contributed by atoms with van der Waals surface area (Å²) < 4.78 is 0.934. The second-order valence-electron chi connectivity index (χ2n) is 5.44. The molecule has 7 heteroatoms. The predicted octanol–water partition coefficient (Wildman–Crippen LogP) is 3.03. The first kappa shape index (κ1) is 14.6. The van der Waals surface area contributed by atoms with Crippen LogP contribution in [0.15, 0.2) is 12.3 Å². The van der Waals surface area contributed by atoms with Gasteiger partial charge in [0, 0.05) is 35.6 Å². The summed E-state index contributed by atoms with van der Waals surface area (Å²) in [6, 6.07) is 4.24. The maximum atomic E-state index is 11.1. The molecule has 0 radical (unpaired) electrons. The molecule has 3 rings (SSSR count). The number of hydrogen-bond donors (Lipinski definition) is 2. The molecule has 1 atom stereocenters. The van der Waals surface area contributed by atoms with Gasteiger partial charge in [0.2, 0.25) is 0 Å². The molecule has 2 N–H and O–H groups in total. The average Bonchev–Trinajstić information content (AvgIpc) is 2.90. The highest BCUT2D eigenvalue weighted by atomic mass is 32.1. The summed E-state index contributed by atoms with van der Waals surface area (Å²) in [5.41, 5.74) is 0.578. The van der Waals surface area contributed by atoms with Crippen LogP contribution in [0.3, 0.4) is 0 Å². The molecule has 0 spiro atoms. The molecule has 0 unspecified atom stereocenters. The van der Waals surface area contributed by atoms with E-state index in [1.54, 1.807) is 17.5 Å². The number of nitrogens with one attached hydrogen (secondary N) is 1. The van der Waals surface area contributed by atoms with Crippen molar-refractivity contribution in [2.24, 2.45) is 0 Å². The molecule has 0 aromatic carbocycles. The molecular formula is C15H16N4O2S. The van der Waals surface area contributed by atoms with E-state index < -0.39 is 6.09 Å². The number of rotatable bonds is 2. The van der Waals surface area contributed by atoms with Gasteiger partial charge in [-0.25, -0.2) is 9.78 Å². The molecule has 6 nitrogen and oxygen atoms in total. The highest BCUT2D eigenvalue weighted by Gasteiger charge is 2.24. The maximum Gasteiger partial charge on any atom is 0.407 e. The predicted molar refractivity (Wildman–Crippen MR) is 85.3 cm³/mol. The molecule has 0 aliphatic carbocycles. The molecule has 1 aliphatic heterocycles. The number of piperidine rings is 1. The zero-order valence-electron chi connectivity index (χ0n) is 12.2. The van der Waals surface area contributed by atoms with E-state index in [2.05, 4.69) is 16.4 Å². The third-order valence-corrected chi connectivity index (χ3v) is 4.91. The van der Waals surface area contributed by atoms with Crippen LogP contribution >= 0.6 is 11.3 Å². The topological polar surface area (TPSA) is 89.2 Å². The van der Waals surface area contributed by atoms with Gasteiger partial charge in [-0.3, -0.25) is 0 Å². The summed E-state index contributed by atoms with van der Waals surface area (Å²) in [7, 11) is 0. The summed E-state index contributed by atoms with van der Waals surface area (Å²) in [4.78, 5) is 18.0. The standard InChI is InChI=1S/C15H16N4O2S/c1-9-5-12-13(22-9)10(6-16)7-17-14(12)18-11-3-2-4-19(8-11)15(20)21/h5,7,11H,2-4,8H2,1H3,(H,17,18)(H,20,21)/t11-/m0/s1. The monoisotopic (exact) mass is 316 g/mol. The van der Waals surface area contributed by atoms with E-state index in [1.807, 2.05) is 13.0 Å². The number of carboxylic acid groups (broad SMARTS) is 1. The lowest BCUT2D eigenvalue weighted by atomic mass is 10.1. The number of nitrogens with zero attached hydrogens (tertiary/aromatic N) is 3.